The van der Waals surface area contributed by atoms with Gasteiger partial charge in [0, 0.05) is 18.5 Å². The van der Waals surface area contributed by atoms with E-state index in [1.807, 2.05) is 51.9 Å². The third kappa shape index (κ3) is 4.94. The molecule has 0 saturated heterocycles. The summed E-state index contributed by atoms with van der Waals surface area (Å²) in [6.45, 7) is 0.595. The summed E-state index contributed by atoms with van der Waals surface area (Å²) in [5.41, 5.74) is 1.70. The van der Waals surface area contributed by atoms with Crippen molar-refractivity contribution in [3.8, 4) is 17.4 Å². The fourth-order valence-corrected chi connectivity index (χ4v) is 3.90. The fourth-order valence-electron chi connectivity index (χ4n) is 3.17. The number of rotatable bonds is 9. The number of methoxy groups -OCH3 is 2. The van der Waals surface area contributed by atoms with E-state index in [0.717, 1.165) is 5.56 Å². The van der Waals surface area contributed by atoms with E-state index in [1.165, 1.54) is 11.8 Å². The summed E-state index contributed by atoms with van der Waals surface area (Å²) in [4.78, 5) is 12.6. The standard InChI is InChI=1S/C23H23N5O3S/c1-30-18-10-11-19(20(14-18)31-2)24-21(29)16-32-23-26-25-22(27-12-6-7-13-27)28(23)15-17-8-4-3-5-9-17/h3-14H,15-16H2,1-2H3,(H,24,29). The molecule has 0 radical (unpaired) electrons. The molecule has 0 aliphatic carbocycles. The molecule has 0 aliphatic rings. The maximum atomic E-state index is 12.6. The zero-order valence-corrected chi connectivity index (χ0v) is 18.6. The molecule has 1 N–H and O–H groups in total. The first-order valence-electron chi connectivity index (χ1n) is 9.93. The highest BCUT2D eigenvalue weighted by Gasteiger charge is 2.16. The number of nitrogens with one attached hydrogen (secondary N) is 1. The van der Waals surface area contributed by atoms with Gasteiger partial charge < -0.3 is 14.8 Å². The summed E-state index contributed by atoms with van der Waals surface area (Å²) < 4.78 is 14.5. The third-order valence-electron chi connectivity index (χ3n) is 4.73. The van der Waals surface area contributed by atoms with Crippen LogP contribution in [0.5, 0.6) is 11.5 Å². The average molecular weight is 450 g/mol. The summed E-state index contributed by atoms with van der Waals surface area (Å²) in [5, 5.41) is 12.2. The average Bonchev–Trinajstić information content (AvgIpc) is 3.49. The molecule has 164 valence electrons. The minimum Gasteiger partial charge on any atom is -0.497 e. The van der Waals surface area contributed by atoms with Crippen molar-refractivity contribution in [2.45, 2.75) is 11.7 Å². The zero-order valence-electron chi connectivity index (χ0n) is 17.8. The first-order chi connectivity index (χ1) is 15.7. The number of aromatic nitrogens is 4. The van der Waals surface area contributed by atoms with Crippen molar-refractivity contribution in [2.75, 3.05) is 25.3 Å². The predicted molar refractivity (Wildman–Crippen MR) is 124 cm³/mol. The van der Waals surface area contributed by atoms with Crippen LogP contribution >= 0.6 is 11.8 Å². The van der Waals surface area contributed by atoms with Crippen molar-refractivity contribution >= 4 is 23.4 Å². The molecule has 2 heterocycles. The van der Waals surface area contributed by atoms with Crippen LogP contribution in [0.1, 0.15) is 5.56 Å². The van der Waals surface area contributed by atoms with Crippen LogP contribution in [0.4, 0.5) is 5.69 Å². The Hall–Kier alpha value is -3.72. The molecule has 0 saturated carbocycles. The quantitative estimate of drug-likeness (QED) is 0.391. The van der Waals surface area contributed by atoms with Gasteiger partial charge in [0.15, 0.2) is 5.16 Å². The molecular formula is C23H23N5O3S. The SMILES string of the molecule is COc1ccc(NC(=O)CSc2nnc(-n3cccc3)n2Cc2ccccc2)c(OC)c1. The summed E-state index contributed by atoms with van der Waals surface area (Å²) in [7, 11) is 3.13. The lowest BCUT2D eigenvalue weighted by atomic mass is 10.2. The summed E-state index contributed by atoms with van der Waals surface area (Å²) in [6, 6.07) is 19.2. The van der Waals surface area contributed by atoms with Gasteiger partial charge in [-0.3, -0.25) is 13.9 Å². The summed E-state index contributed by atoms with van der Waals surface area (Å²) >= 11 is 1.33. The van der Waals surface area contributed by atoms with Crippen molar-refractivity contribution < 1.29 is 14.3 Å². The lowest BCUT2D eigenvalue weighted by Crippen LogP contribution is -2.15. The monoisotopic (exact) mass is 449 g/mol. The number of thioether (sulfide) groups is 1. The molecule has 2 aromatic heterocycles. The molecule has 2 aromatic carbocycles. The maximum Gasteiger partial charge on any atom is 0.236 e. The van der Waals surface area contributed by atoms with Gasteiger partial charge >= 0.3 is 0 Å². The molecule has 1 amide bonds. The van der Waals surface area contributed by atoms with E-state index in [1.54, 1.807) is 32.4 Å². The highest BCUT2D eigenvalue weighted by molar-refractivity contribution is 7.99. The Labute approximate surface area is 190 Å². The molecule has 4 rings (SSSR count). The smallest absolute Gasteiger partial charge is 0.236 e. The first-order valence-corrected chi connectivity index (χ1v) is 10.9. The van der Waals surface area contributed by atoms with Crippen LogP contribution < -0.4 is 14.8 Å². The Kier molecular flexibility index (Phi) is 6.76. The summed E-state index contributed by atoms with van der Waals surface area (Å²) in [6.07, 6.45) is 3.84. The number of amides is 1. The highest BCUT2D eigenvalue weighted by atomic mass is 32.2. The largest absolute Gasteiger partial charge is 0.497 e. The van der Waals surface area contributed by atoms with Crippen LogP contribution in [-0.4, -0.2) is 45.2 Å². The molecular weight excluding hydrogens is 426 g/mol. The number of hydrogen-bond acceptors (Lipinski definition) is 6. The maximum absolute atomic E-state index is 12.6. The molecule has 0 fully saturated rings. The normalized spacial score (nSPS) is 10.7. The van der Waals surface area contributed by atoms with Crippen LogP contribution in [0.15, 0.2) is 78.2 Å². The molecule has 0 unspecified atom stereocenters. The van der Waals surface area contributed by atoms with Crippen molar-refractivity contribution in [3.63, 3.8) is 0 Å². The number of anilines is 1. The number of benzene rings is 2. The predicted octanol–water partition coefficient (Wildman–Crippen LogP) is 3.87. The minimum atomic E-state index is -0.171. The van der Waals surface area contributed by atoms with E-state index in [-0.39, 0.29) is 11.7 Å². The molecule has 0 bridgehead atoms. The van der Waals surface area contributed by atoms with E-state index in [9.17, 15) is 4.79 Å². The molecule has 4 aromatic rings. The van der Waals surface area contributed by atoms with Gasteiger partial charge in [-0.2, -0.15) is 0 Å². The lowest BCUT2D eigenvalue weighted by Gasteiger charge is -2.12. The Morgan fingerprint density at radius 1 is 1.00 bits per heavy atom. The molecule has 8 nitrogen and oxygen atoms in total. The molecule has 0 spiro atoms. The molecule has 0 aliphatic heterocycles. The van der Waals surface area contributed by atoms with Gasteiger partial charge in [0.05, 0.1) is 32.2 Å². The number of carbonyl (C=O) groups excluding carboxylic acids is 1. The van der Waals surface area contributed by atoms with E-state index in [2.05, 4.69) is 27.6 Å². The Morgan fingerprint density at radius 2 is 1.78 bits per heavy atom. The minimum absolute atomic E-state index is 0.171. The fraction of sp³-hybridized carbons (Fsp3) is 0.174. The highest BCUT2D eigenvalue weighted by Crippen LogP contribution is 2.29. The van der Waals surface area contributed by atoms with Crippen LogP contribution in [-0.2, 0) is 11.3 Å². The van der Waals surface area contributed by atoms with Crippen LogP contribution in [0.3, 0.4) is 0 Å². The third-order valence-corrected chi connectivity index (χ3v) is 5.70. The van der Waals surface area contributed by atoms with Gasteiger partial charge in [-0.25, -0.2) is 0 Å². The second-order valence-electron chi connectivity index (χ2n) is 6.85. The first kappa shape index (κ1) is 21.5. The zero-order chi connectivity index (χ0) is 22.3. The lowest BCUT2D eigenvalue weighted by molar-refractivity contribution is -0.113. The van der Waals surface area contributed by atoms with Crippen LogP contribution in [0.25, 0.3) is 5.95 Å². The van der Waals surface area contributed by atoms with Crippen LogP contribution in [0.2, 0.25) is 0 Å². The van der Waals surface area contributed by atoms with Gasteiger partial charge in [0.25, 0.3) is 0 Å². The van der Waals surface area contributed by atoms with Gasteiger partial charge in [0.2, 0.25) is 11.9 Å². The van der Waals surface area contributed by atoms with Gasteiger partial charge in [-0.1, -0.05) is 42.1 Å². The Bertz CT molecular complexity index is 1180. The number of carbonyl (C=O) groups is 1. The van der Waals surface area contributed by atoms with Crippen molar-refractivity contribution in [3.05, 3.63) is 78.6 Å². The second kappa shape index (κ2) is 10.1. The topological polar surface area (TPSA) is 83.2 Å². The van der Waals surface area contributed by atoms with Gasteiger partial charge in [-0.05, 0) is 29.8 Å². The van der Waals surface area contributed by atoms with Gasteiger partial charge in [0.1, 0.15) is 11.5 Å². The second-order valence-corrected chi connectivity index (χ2v) is 7.79. The van der Waals surface area contributed by atoms with E-state index in [4.69, 9.17) is 9.47 Å². The van der Waals surface area contributed by atoms with Crippen molar-refractivity contribution in [2.24, 2.45) is 0 Å². The molecule has 32 heavy (non-hydrogen) atoms. The van der Waals surface area contributed by atoms with E-state index < -0.39 is 0 Å². The number of ether oxygens (including phenoxy) is 2. The molecule has 0 atom stereocenters. The number of nitrogens with zero attached hydrogens (tertiary/aromatic N) is 4. The van der Waals surface area contributed by atoms with Crippen LogP contribution in [0, 0.1) is 0 Å². The van der Waals surface area contributed by atoms with Gasteiger partial charge in [-0.15, -0.1) is 10.2 Å². The Morgan fingerprint density at radius 3 is 2.50 bits per heavy atom. The molecule has 9 heteroatoms. The Balaban J connectivity index is 1.50. The number of hydrogen-bond donors (Lipinski definition) is 1. The van der Waals surface area contributed by atoms with Crippen molar-refractivity contribution in [1.82, 2.24) is 19.3 Å². The van der Waals surface area contributed by atoms with Crippen molar-refractivity contribution in [1.29, 1.82) is 0 Å². The van der Waals surface area contributed by atoms with E-state index in [0.29, 0.717) is 34.8 Å². The summed E-state index contributed by atoms with van der Waals surface area (Å²) in [5.74, 6) is 1.88. The van der Waals surface area contributed by atoms with E-state index >= 15 is 0 Å².